The van der Waals surface area contributed by atoms with Gasteiger partial charge in [-0.25, -0.2) is 4.79 Å². The number of carbonyl (C=O) groups is 4. The Hall–Kier alpha value is -5.15. The number of fused-ring (bicyclic) bond motifs is 1. The molecule has 0 spiro atoms. The van der Waals surface area contributed by atoms with Crippen LogP contribution in [-0.4, -0.2) is 87.3 Å². The van der Waals surface area contributed by atoms with Gasteiger partial charge in [0.2, 0.25) is 17.7 Å². The van der Waals surface area contributed by atoms with E-state index in [2.05, 4.69) is 25.9 Å². The van der Waals surface area contributed by atoms with Crippen molar-refractivity contribution >= 4 is 40.6 Å². The Morgan fingerprint density at radius 1 is 0.864 bits per heavy atom. The molecule has 44 heavy (non-hydrogen) atoms. The van der Waals surface area contributed by atoms with Crippen molar-refractivity contribution in [2.45, 2.75) is 49.9 Å². The SMILES string of the molecule is NC(N)=NCCCC(N)C(=O)NC(CO)C(=O)NC(Cc1ccc(O)cc1)C(=O)NC(Cc1c[nH]c2ccccc12)C(=O)O. The third kappa shape index (κ3) is 9.71. The molecule has 2 aromatic carbocycles. The summed E-state index contributed by atoms with van der Waals surface area (Å²) in [7, 11) is 0. The van der Waals surface area contributed by atoms with E-state index >= 15 is 0 Å². The van der Waals surface area contributed by atoms with Crippen molar-refractivity contribution in [3.63, 3.8) is 0 Å². The molecule has 0 radical (unpaired) electrons. The van der Waals surface area contributed by atoms with E-state index in [4.69, 9.17) is 17.2 Å². The quantitative estimate of drug-likeness (QED) is 0.0513. The maximum atomic E-state index is 13.4. The summed E-state index contributed by atoms with van der Waals surface area (Å²) in [4.78, 5) is 58.2. The minimum absolute atomic E-state index is 0.0128. The van der Waals surface area contributed by atoms with Crippen LogP contribution in [0.25, 0.3) is 10.9 Å². The van der Waals surface area contributed by atoms with Crippen molar-refractivity contribution in [2.24, 2.45) is 22.2 Å². The average Bonchev–Trinajstić information content (AvgIpc) is 3.40. The second-order valence-electron chi connectivity index (χ2n) is 10.2. The fraction of sp³-hybridized carbons (Fsp3) is 0.345. The van der Waals surface area contributed by atoms with Gasteiger partial charge in [0.05, 0.1) is 12.6 Å². The number of nitrogens with one attached hydrogen (secondary N) is 4. The highest BCUT2D eigenvalue weighted by molar-refractivity contribution is 5.94. The number of nitrogens with two attached hydrogens (primary N) is 3. The van der Waals surface area contributed by atoms with E-state index in [1.54, 1.807) is 6.20 Å². The van der Waals surface area contributed by atoms with Crippen LogP contribution in [0.4, 0.5) is 0 Å². The number of aliphatic imine (C=N–C) groups is 1. The van der Waals surface area contributed by atoms with Crippen molar-refractivity contribution in [1.82, 2.24) is 20.9 Å². The van der Waals surface area contributed by atoms with Crippen molar-refractivity contribution in [3.8, 4) is 5.75 Å². The summed E-state index contributed by atoms with van der Waals surface area (Å²) in [6.45, 7) is -0.552. The zero-order valence-electron chi connectivity index (χ0n) is 23.9. The van der Waals surface area contributed by atoms with E-state index in [9.17, 15) is 34.5 Å². The minimum Gasteiger partial charge on any atom is -0.508 e. The van der Waals surface area contributed by atoms with Crippen LogP contribution in [0.15, 0.2) is 59.7 Å². The second kappa shape index (κ2) is 15.9. The highest BCUT2D eigenvalue weighted by Crippen LogP contribution is 2.19. The lowest BCUT2D eigenvalue weighted by molar-refractivity contribution is -0.142. The number of aliphatic hydroxyl groups is 1. The minimum atomic E-state index is -1.46. The Morgan fingerprint density at radius 2 is 1.50 bits per heavy atom. The van der Waals surface area contributed by atoms with Gasteiger partial charge in [-0.15, -0.1) is 0 Å². The first kappa shape index (κ1) is 33.4. The number of hydrogen-bond acceptors (Lipinski definition) is 8. The molecule has 0 saturated carbocycles. The summed E-state index contributed by atoms with van der Waals surface area (Å²) in [6.07, 6.45) is 2.12. The summed E-state index contributed by atoms with van der Waals surface area (Å²) in [5.41, 5.74) is 18.5. The Labute approximate surface area is 252 Å². The first-order valence-electron chi connectivity index (χ1n) is 13.9. The summed E-state index contributed by atoms with van der Waals surface area (Å²) in [5, 5.41) is 37.6. The van der Waals surface area contributed by atoms with Crippen LogP contribution in [0.2, 0.25) is 0 Å². The number of aliphatic carboxylic acids is 1. The van der Waals surface area contributed by atoms with Crippen LogP contribution in [0.3, 0.4) is 0 Å². The average molecular weight is 611 g/mol. The highest BCUT2D eigenvalue weighted by Gasteiger charge is 2.31. The molecule has 236 valence electrons. The third-order valence-electron chi connectivity index (χ3n) is 6.84. The standard InChI is InChI=1S/C29H38N8O7/c30-20(5-3-11-33-29(31)32)25(40)37-24(15-38)27(42)35-22(12-16-7-9-18(39)10-8-16)26(41)36-23(28(43)44)13-17-14-34-21-6-2-1-4-19(17)21/h1-2,4,6-10,14,20,22-24,34,38-39H,3,5,11-13,15,30H2,(H,35,42)(H,36,41)(H,37,40)(H,43,44)(H4,31,32,33). The molecule has 1 heterocycles. The fourth-order valence-corrected chi connectivity index (χ4v) is 4.47. The van der Waals surface area contributed by atoms with Gasteiger partial charge in [-0.1, -0.05) is 30.3 Å². The number of carboxylic acids is 1. The molecule has 0 aliphatic carbocycles. The molecule has 0 saturated heterocycles. The Bertz CT molecular complexity index is 1470. The number of rotatable bonds is 16. The van der Waals surface area contributed by atoms with Crippen LogP contribution in [0.1, 0.15) is 24.0 Å². The van der Waals surface area contributed by atoms with Crippen molar-refractivity contribution in [3.05, 3.63) is 65.9 Å². The van der Waals surface area contributed by atoms with Crippen molar-refractivity contribution in [2.75, 3.05) is 13.2 Å². The number of amides is 3. The number of H-pyrrole nitrogens is 1. The van der Waals surface area contributed by atoms with Gasteiger partial charge >= 0.3 is 5.97 Å². The normalized spacial score (nSPS) is 13.7. The van der Waals surface area contributed by atoms with E-state index in [1.807, 2.05) is 24.3 Å². The molecule has 3 rings (SSSR count). The van der Waals surface area contributed by atoms with Crippen LogP contribution in [0.5, 0.6) is 5.75 Å². The number of guanidine groups is 1. The zero-order chi connectivity index (χ0) is 32.2. The number of benzene rings is 2. The van der Waals surface area contributed by atoms with E-state index in [-0.39, 0.29) is 37.5 Å². The van der Waals surface area contributed by atoms with Crippen LogP contribution in [0, 0.1) is 0 Å². The number of phenols is 1. The lowest BCUT2D eigenvalue weighted by atomic mass is 10.0. The number of hydrogen-bond donors (Lipinski definition) is 10. The molecule has 13 N–H and O–H groups in total. The number of para-hydroxylation sites is 1. The Morgan fingerprint density at radius 3 is 2.16 bits per heavy atom. The largest absolute Gasteiger partial charge is 0.508 e. The summed E-state index contributed by atoms with van der Waals surface area (Å²) in [5.74, 6) is -3.81. The molecule has 3 amide bonds. The predicted octanol–water partition coefficient (Wildman–Crippen LogP) is -1.43. The highest BCUT2D eigenvalue weighted by atomic mass is 16.4. The van der Waals surface area contributed by atoms with E-state index in [0.29, 0.717) is 17.5 Å². The van der Waals surface area contributed by atoms with Gasteiger partial charge in [-0.05, 0) is 42.2 Å². The van der Waals surface area contributed by atoms with E-state index in [1.165, 1.54) is 24.3 Å². The molecular formula is C29H38N8O7. The van der Waals surface area contributed by atoms with Crippen LogP contribution < -0.4 is 33.2 Å². The van der Waals surface area contributed by atoms with Gasteiger partial charge in [-0.3, -0.25) is 19.4 Å². The first-order chi connectivity index (χ1) is 21.0. The number of aliphatic hydroxyl groups excluding tert-OH is 1. The lowest BCUT2D eigenvalue weighted by Gasteiger charge is -2.24. The molecule has 0 fully saturated rings. The van der Waals surface area contributed by atoms with Gasteiger partial charge in [0.25, 0.3) is 0 Å². The number of aromatic hydroxyl groups is 1. The topological polar surface area (TPSA) is 271 Å². The number of carbonyl (C=O) groups excluding carboxylic acids is 3. The van der Waals surface area contributed by atoms with Crippen molar-refractivity contribution in [1.29, 1.82) is 0 Å². The smallest absolute Gasteiger partial charge is 0.326 e. The molecule has 4 atom stereocenters. The molecule has 0 aliphatic rings. The third-order valence-corrected chi connectivity index (χ3v) is 6.84. The number of aromatic nitrogens is 1. The lowest BCUT2D eigenvalue weighted by Crippen LogP contribution is -2.58. The molecular weight excluding hydrogens is 572 g/mol. The first-order valence-corrected chi connectivity index (χ1v) is 13.9. The number of aromatic amines is 1. The zero-order valence-corrected chi connectivity index (χ0v) is 23.9. The number of phenolic OH excluding ortho intramolecular Hbond substituents is 1. The van der Waals surface area contributed by atoms with Gasteiger partial charge in [0.1, 0.15) is 23.9 Å². The molecule has 15 nitrogen and oxygen atoms in total. The molecule has 1 aromatic heterocycles. The molecule has 15 heteroatoms. The summed E-state index contributed by atoms with van der Waals surface area (Å²) < 4.78 is 0. The Balaban J connectivity index is 1.73. The number of nitrogens with zero attached hydrogens (tertiary/aromatic N) is 1. The van der Waals surface area contributed by atoms with Crippen molar-refractivity contribution < 1.29 is 34.5 Å². The van der Waals surface area contributed by atoms with Gasteiger partial charge in [0.15, 0.2) is 5.96 Å². The molecule has 0 bridgehead atoms. The maximum Gasteiger partial charge on any atom is 0.326 e. The molecule has 4 unspecified atom stereocenters. The van der Waals surface area contributed by atoms with E-state index in [0.717, 1.165) is 10.9 Å². The summed E-state index contributed by atoms with van der Waals surface area (Å²) >= 11 is 0. The molecule has 0 aliphatic heterocycles. The monoisotopic (exact) mass is 610 g/mol. The van der Waals surface area contributed by atoms with Gasteiger partial charge in [-0.2, -0.15) is 0 Å². The second-order valence-corrected chi connectivity index (χ2v) is 10.2. The number of carboxylic acid groups (broad SMARTS) is 1. The maximum absolute atomic E-state index is 13.4. The Kier molecular flexibility index (Phi) is 12.1. The van der Waals surface area contributed by atoms with E-state index < -0.39 is 54.5 Å². The fourth-order valence-electron chi connectivity index (χ4n) is 4.47. The van der Waals surface area contributed by atoms with Gasteiger partial charge < -0.3 is 53.5 Å². The molecule has 3 aromatic rings. The predicted molar refractivity (Wildman–Crippen MR) is 162 cm³/mol. The van der Waals surface area contributed by atoms with Gasteiger partial charge in [0, 0.05) is 36.5 Å². The van der Waals surface area contributed by atoms with Crippen LogP contribution >= 0.6 is 0 Å². The summed E-state index contributed by atoms with van der Waals surface area (Å²) in [6, 6.07) is 8.05. The van der Waals surface area contributed by atoms with Crippen LogP contribution in [-0.2, 0) is 32.0 Å².